The molecule has 1 fully saturated rings. The van der Waals surface area contributed by atoms with Crippen LogP contribution < -0.4 is 10.2 Å². The third kappa shape index (κ3) is 3.21. The molecular weight excluding hydrogens is 333 g/mol. The predicted octanol–water partition coefficient (Wildman–Crippen LogP) is 1.62. The minimum Gasteiger partial charge on any atom is -0.453 e. The van der Waals surface area contributed by atoms with Crippen LogP contribution in [0, 0.1) is 3.57 Å². The molecule has 6 heteroatoms. The minimum absolute atomic E-state index is 0.142. The van der Waals surface area contributed by atoms with Crippen LogP contribution in [0.2, 0.25) is 0 Å². The van der Waals surface area contributed by atoms with Gasteiger partial charge in [-0.1, -0.05) is 0 Å². The van der Waals surface area contributed by atoms with Gasteiger partial charge >= 0.3 is 6.09 Å². The fraction of sp³-hybridized carbons (Fsp3) is 0.455. The molecule has 5 nitrogen and oxygen atoms in total. The van der Waals surface area contributed by atoms with Crippen LogP contribution in [0.15, 0.2) is 18.3 Å². The minimum atomic E-state index is -0.368. The van der Waals surface area contributed by atoms with E-state index < -0.39 is 0 Å². The second kappa shape index (κ2) is 5.52. The summed E-state index contributed by atoms with van der Waals surface area (Å²) in [6.45, 7) is 1.69. The normalized spacial score (nSPS) is 19.2. The van der Waals surface area contributed by atoms with Gasteiger partial charge < -0.3 is 15.0 Å². The molecular formula is C11H14IN3O2. The number of methoxy groups -OCH3 is 1. The Labute approximate surface area is 114 Å². The highest BCUT2D eigenvalue weighted by Gasteiger charge is 2.24. The van der Waals surface area contributed by atoms with Gasteiger partial charge in [-0.3, -0.25) is 0 Å². The van der Waals surface area contributed by atoms with Crippen molar-refractivity contribution in [2.24, 2.45) is 0 Å². The van der Waals surface area contributed by atoms with Gasteiger partial charge in [0.25, 0.3) is 0 Å². The molecule has 1 aliphatic rings. The Balaban J connectivity index is 1.93. The van der Waals surface area contributed by atoms with Crippen molar-refractivity contribution in [3.63, 3.8) is 0 Å². The average molecular weight is 347 g/mol. The topological polar surface area (TPSA) is 54.5 Å². The standard InChI is InChI=1S/C11H14IN3O2/c1-17-11(16)14-9-4-5-15(7-9)10-3-2-8(12)6-13-10/h2-3,6,9H,4-5,7H2,1H3,(H,14,16)/t9-/m0/s1. The first kappa shape index (κ1) is 12.4. The smallest absolute Gasteiger partial charge is 0.407 e. The molecule has 0 saturated carbocycles. The van der Waals surface area contributed by atoms with Crippen LogP contribution >= 0.6 is 22.6 Å². The summed E-state index contributed by atoms with van der Waals surface area (Å²) < 4.78 is 5.70. The molecule has 0 unspecified atom stereocenters. The van der Waals surface area contributed by atoms with Crippen molar-refractivity contribution in [2.45, 2.75) is 12.5 Å². The van der Waals surface area contributed by atoms with Gasteiger partial charge in [-0.25, -0.2) is 9.78 Å². The monoisotopic (exact) mass is 347 g/mol. The summed E-state index contributed by atoms with van der Waals surface area (Å²) in [5.74, 6) is 0.958. The SMILES string of the molecule is COC(=O)N[C@H]1CCN(c2ccc(I)cn2)C1. The third-order valence-corrected chi connectivity index (χ3v) is 3.37. The van der Waals surface area contributed by atoms with Gasteiger partial charge in [0.15, 0.2) is 0 Å². The van der Waals surface area contributed by atoms with Gasteiger partial charge in [-0.2, -0.15) is 0 Å². The van der Waals surface area contributed by atoms with E-state index in [-0.39, 0.29) is 12.1 Å². The Kier molecular flexibility index (Phi) is 4.03. The molecule has 0 radical (unpaired) electrons. The van der Waals surface area contributed by atoms with E-state index in [2.05, 4.69) is 42.5 Å². The quantitative estimate of drug-likeness (QED) is 0.827. The second-order valence-electron chi connectivity index (χ2n) is 3.90. The van der Waals surface area contributed by atoms with E-state index >= 15 is 0 Å². The molecule has 0 aromatic carbocycles. The Bertz CT molecular complexity index is 396. The second-order valence-corrected chi connectivity index (χ2v) is 5.15. The van der Waals surface area contributed by atoms with Crippen LogP contribution in [0.1, 0.15) is 6.42 Å². The van der Waals surface area contributed by atoms with Crippen molar-refractivity contribution < 1.29 is 9.53 Å². The van der Waals surface area contributed by atoms with Crippen LogP contribution in [0.3, 0.4) is 0 Å². The van der Waals surface area contributed by atoms with E-state index in [0.29, 0.717) is 0 Å². The number of hydrogen-bond acceptors (Lipinski definition) is 4. The first-order chi connectivity index (χ1) is 8.19. The lowest BCUT2D eigenvalue weighted by Gasteiger charge is -2.17. The molecule has 0 bridgehead atoms. The Morgan fingerprint density at radius 1 is 1.65 bits per heavy atom. The highest BCUT2D eigenvalue weighted by molar-refractivity contribution is 14.1. The van der Waals surface area contributed by atoms with Gasteiger partial charge in [-0.05, 0) is 41.1 Å². The number of halogens is 1. The molecule has 92 valence electrons. The first-order valence-corrected chi connectivity index (χ1v) is 6.48. The Morgan fingerprint density at radius 3 is 3.12 bits per heavy atom. The number of nitrogens with zero attached hydrogens (tertiary/aromatic N) is 2. The van der Waals surface area contributed by atoms with Crippen LogP contribution in [0.25, 0.3) is 0 Å². The molecule has 2 heterocycles. The summed E-state index contributed by atoms with van der Waals surface area (Å²) in [4.78, 5) is 17.6. The molecule has 17 heavy (non-hydrogen) atoms. The van der Waals surface area contributed by atoms with Gasteiger partial charge in [-0.15, -0.1) is 0 Å². The number of hydrogen-bond donors (Lipinski definition) is 1. The zero-order valence-electron chi connectivity index (χ0n) is 9.52. The molecule has 1 aromatic heterocycles. The zero-order chi connectivity index (χ0) is 12.3. The number of amides is 1. The number of ether oxygens (including phenoxy) is 1. The lowest BCUT2D eigenvalue weighted by atomic mass is 10.3. The molecule has 0 spiro atoms. The summed E-state index contributed by atoms with van der Waals surface area (Å²) in [5, 5.41) is 2.81. The number of carbonyl (C=O) groups is 1. The van der Waals surface area contributed by atoms with Crippen molar-refractivity contribution in [1.82, 2.24) is 10.3 Å². The molecule has 1 saturated heterocycles. The average Bonchev–Trinajstić information content (AvgIpc) is 2.78. The summed E-state index contributed by atoms with van der Waals surface area (Å²) in [5.41, 5.74) is 0. The van der Waals surface area contributed by atoms with Crippen LogP contribution in [0.5, 0.6) is 0 Å². The molecule has 1 atom stereocenters. The highest BCUT2D eigenvalue weighted by Crippen LogP contribution is 2.18. The molecule has 2 rings (SSSR count). The maximum absolute atomic E-state index is 11.1. The van der Waals surface area contributed by atoms with Gasteiger partial charge in [0.2, 0.25) is 0 Å². The molecule has 1 aromatic rings. The van der Waals surface area contributed by atoms with Crippen molar-refractivity contribution in [3.8, 4) is 0 Å². The number of pyridine rings is 1. The van der Waals surface area contributed by atoms with Gasteiger partial charge in [0, 0.05) is 22.9 Å². The van der Waals surface area contributed by atoms with Crippen LogP contribution in [-0.2, 0) is 4.74 Å². The summed E-state index contributed by atoms with van der Waals surface area (Å²) >= 11 is 2.23. The van der Waals surface area contributed by atoms with E-state index in [0.717, 1.165) is 28.9 Å². The van der Waals surface area contributed by atoms with E-state index in [1.807, 2.05) is 18.3 Å². The lowest BCUT2D eigenvalue weighted by Crippen LogP contribution is -2.37. The van der Waals surface area contributed by atoms with Crippen LogP contribution in [0.4, 0.5) is 10.6 Å². The Hall–Kier alpha value is -1.05. The highest BCUT2D eigenvalue weighted by atomic mass is 127. The zero-order valence-corrected chi connectivity index (χ0v) is 11.7. The van der Waals surface area contributed by atoms with E-state index in [4.69, 9.17) is 0 Å². The van der Waals surface area contributed by atoms with Crippen LogP contribution in [-0.4, -0.2) is 37.3 Å². The van der Waals surface area contributed by atoms with Gasteiger partial charge in [0.05, 0.1) is 13.2 Å². The number of carbonyl (C=O) groups excluding carboxylic acids is 1. The summed E-state index contributed by atoms with van der Waals surface area (Å²) in [6.07, 6.45) is 2.40. The van der Waals surface area contributed by atoms with Gasteiger partial charge in [0.1, 0.15) is 5.82 Å². The van der Waals surface area contributed by atoms with Crippen molar-refractivity contribution in [1.29, 1.82) is 0 Å². The maximum Gasteiger partial charge on any atom is 0.407 e. The third-order valence-electron chi connectivity index (χ3n) is 2.73. The van der Waals surface area contributed by atoms with E-state index in [1.165, 1.54) is 7.11 Å². The molecule has 1 N–H and O–H groups in total. The number of anilines is 1. The van der Waals surface area contributed by atoms with Crippen molar-refractivity contribution in [3.05, 3.63) is 21.9 Å². The molecule has 0 aliphatic carbocycles. The van der Waals surface area contributed by atoms with E-state index in [1.54, 1.807) is 0 Å². The predicted molar refractivity (Wildman–Crippen MR) is 73.1 cm³/mol. The summed E-state index contributed by atoms with van der Waals surface area (Å²) in [6, 6.07) is 4.18. The van der Waals surface area contributed by atoms with Crippen molar-refractivity contribution in [2.75, 3.05) is 25.1 Å². The maximum atomic E-state index is 11.1. The number of alkyl carbamates (subject to hydrolysis) is 1. The largest absolute Gasteiger partial charge is 0.453 e. The lowest BCUT2D eigenvalue weighted by molar-refractivity contribution is 0.167. The fourth-order valence-corrected chi connectivity index (χ4v) is 2.19. The summed E-state index contributed by atoms with van der Waals surface area (Å²) in [7, 11) is 1.38. The Morgan fingerprint density at radius 2 is 2.47 bits per heavy atom. The van der Waals surface area contributed by atoms with Crippen molar-refractivity contribution >= 4 is 34.5 Å². The number of aromatic nitrogens is 1. The number of nitrogens with one attached hydrogen (secondary N) is 1. The first-order valence-electron chi connectivity index (χ1n) is 5.40. The molecule has 1 aliphatic heterocycles. The molecule has 1 amide bonds. The van der Waals surface area contributed by atoms with E-state index in [9.17, 15) is 4.79 Å². The fourth-order valence-electron chi connectivity index (χ4n) is 1.87. The number of rotatable bonds is 2.